The van der Waals surface area contributed by atoms with Gasteiger partial charge in [-0.05, 0) is 63.6 Å². The van der Waals surface area contributed by atoms with Crippen LogP contribution in [0.2, 0.25) is 0 Å². The predicted octanol–water partition coefficient (Wildman–Crippen LogP) is 4.02. The zero-order valence-corrected chi connectivity index (χ0v) is 18.2. The smallest absolute Gasteiger partial charge is 0.253 e. The number of hydrogen-bond acceptors (Lipinski definition) is 5. The SMILES string of the molecule is Cc1nc2c(cnn2C(C)C)cc1C(=O)NCC1CCCN(Cc2cccs2)C1. The van der Waals surface area contributed by atoms with Gasteiger partial charge in [-0.1, -0.05) is 6.07 Å². The minimum Gasteiger partial charge on any atom is -0.352 e. The first-order chi connectivity index (χ1) is 14.0. The molecule has 1 fully saturated rings. The van der Waals surface area contributed by atoms with Crippen LogP contribution in [0.1, 0.15) is 53.7 Å². The molecule has 29 heavy (non-hydrogen) atoms. The molecule has 1 atom stereocenters. The van der Waals surface area contributed by atoms with Crippen molar-refractivity contribution in [3.8, 4) is 0 Å². The third kappa shape index (κ3) is 4.51. The highest BCUT2D eigenvalue weighted by atomic mass is 32.1. The maximum absolute atomic E-state index is 12.8. The van der Waals surface area contributed by atoms with Crippen molar-refractivity contribution in [2.45, 2.75) is 46.2 Å². The summed E-state index contributed by atoms with van der Waals surface area (Å²) < 4.78 is 1.90. The summed E-state index contributed by atoms with van der Waals surface area (Å²) in [6.45, 7) is 9.96. The Hall–Kier alpha value is -2.25. The Labute approximate surface area is 175 Å². The van der Waals surface area contributed by atoms with Gasteiger partial charge in [0.2, 0.25) is 0 Å². The summed E-state index contributed by atoms with van der Waals surface area (Å²) in [6, 6.07) is 6.47. The maximum atomic E-state index is 12.8. The normalized spacial score (nSPS) is 17.9. The first-order valence-corrected chi connectivity index (χ1v) is 11.3. The molecule has 1 amide bonds. The van der Waals surface area contributed by atoms with Crippen molar-refractivity contribution in [3.63, 3.8) is 0 Å². The van der Waals surface area contributed by atoms with Crippen LogP contribution in [0.15, 0.2) is 29.8 Å². The number of carbonyl (C=O) groups is 1. The fourth-order valence-electron chi connectivity index (χ4n) is 4.09. The first-order valence-electron chi connectivity index (χ1n) is 10.4. The predicted molar refractivity (Wildman–Crippen MR) is 117 cm³/mol. The van der Waals surface area contributed by atoms with Crippen LogP contribution < -0.4 is 5.32 Å². The molecule has 3 aromatic rings. The van der Waals surface area contributed by atoms with Gasteiger partial charge in [0.1, 0.15) is 0 Å². The number of amides is 1. The molecule has 1 saturated heterocycles. The van der Waals surface area contributed by atoms with E-state index in [1.165, 1.54) is 17.7 Å². The third-order valence-electron chi connectivity index (χ3n) is 5.61. The van der Waals surface area contributed by atoms with Crippen LogP contribution in [0, 0.1) is 12.8 Å². The van der Waals surface area contributed by atoms with Crippen LogP contribution in [0.5, 0.6) is 0 Å². The van der Waals surface area contributed by atoms with Crippen molar-refractivity contribution in [2.75, 3.05) is 19.6 Å². The number of aromatic nitrogens is 3. The van der Waals surface area contributed by atoms with E-state index in [1.54, 1.807) is 6.20 Å². The molecule has 154 valence electrons. The van der Waals surface area contributed by atoms with Crippen LogP contribution >= 0.6 is 11.3 Å². The van der Waals surface area contributed by atoms with E-state index in [2.05, 4.69) is 51.7 Å². The molecule has 1 unspecified atom stereocenters. The minimum atomic E-state index is -0.0374. The second-order valence-corrected chi connectivity index (χ2v) is 9.28. The maximum Gasteiger partial charge on any atom is 0.253 e. The van der Waals surface area contributed by atoms with Crippen molar-refractivity contribution in [2.24, 2.45) is 5.92 Å². The summed E-state index contributed by atoms with van der Waals surface area (Å²) in [5, 5.41) is 10.6. The topological polar surface area (TPSA) is 63.1 Å². The quantitative estimate of drug-likeness (QED) is 0.665. The van der Waals surface area contributed by atoms with Crippen molar-refractivity contribution >= 4 is 28.3 Å². The molecule has 3 aromatic heterocycles. The van der Waals surface area contributed by atoms with Gasteiger partial charge in [0.25, 0.3) is 5.91 Å². The largest absolute Gasteiger partial charge is 0.352 e. The summed E-state index contributed by atoms with van der Waals surface area (Å²) in [4.78, 5) is 21.4. The van der Waals surface area contributed by atoms with Gasteiger partial charge in [-0.25, -0.2) is 9.67 Å². The molecule has 1 N–H and O–H groups in total. The molecule has 7 heteroatoms. The van der Waals surface area contributed by atoms with E-state index in [4.69, 9.17) is 0 Å². The van der Waals surface area contributed by atoms with E-state index in [1.807, 2.05) is 29.0 Å². The lowest BCUT2D eigenvalue weighted by Crippen LogP contribution is -2.40. The molecule has 1 aliphatic heterocycles. The Morgan fingerprint density at radius 1 is 1.41 bits per heavy atom. The Bertz CT molecular complexity index is 979. The number of pyridine rings is 1. The number of likely N-dealkylation sites (tertiary alicyclic amines) is 1. The monoisotopic (exact) mass is 411 g/mol. The second kappa shape index (κ2) is 8.63. The minimum absolute atomic E-state index is 0.0374. The van der Waals surface area contributed by atoms with Crippen LogP contribution in [-0.4, -0.2) is 45.2 Å². The van der Waals surface area contributed by atoms with Crippen LogP contribution in [0.4, 0.5) is 0 Å². The number of nitrogens with zero attached hydrogens (tertiary/aromatic N) is 4. The van der Waals surface area contributed by atoms with Crippen LogP contribution in [-0.2, 0) is 6.54 Å². The molecule has 0 bridgehead atoms. The second-order valence-electron chi connectivity index (χ2n) is 8.25. The Kier molecular flexibility index (Phi) is 5.96. The number of piperidine rings is 1. The molecule has 0 aliphatic carbocycles. The van der Waals surface area contributed by atoms with Gasteiger partial charge in [-0.3, -0.25) is 9.69 Å². The number of nitrogens with one attached hydrogen (secondary N) is 1. The molecule has 4 rings (SSSR count). The number of thiophene rings is 1. The first kappa shape index (κ1) is 20.0. The summed E-state index contributed by atoms with van der Waals surface area (Å²) in [5.41, 5.74) is 2.23. The summed E-state index contributed by atoms with van der Waals surface area (Å²) in [7, 11) is 0. The Morgan fingerprint density at radius 3 is 3.03 bits per heavy atom. The van der Waals surface area contributed by atoms with E-state index in [-0.39, 0.29) is 11.9 Å². The third-order valence-corrected chi connectivity index (χ3v) is 6.47. The highest BCUT2D eigenvalue weighted by molar-refractivity contribution is 7.09. The number of hydrogen-bond donors (Lipinski definition) is 1. The molecule has 6 nitrogen and oxygen atoms in total. The van der Waals surface area contributed by atoms with Crippen LogP contribution in [0.25, 0.3) is 11.0 Å². The molecule has 0 spiro atoms. The van der Waals surface area contributed by atoms with Crippen molar-refractivity contribution in [1.29, 1.82) is 0 Å². The molecule has 0 aromatic carbocycles. The Morgan fingerprint density at radius 2 is 2.28 bits per heavy atom. The lowest BCUT2D eigenvalue weighted by Gasteiger charge is -2.32. The van der Waals surface area contributed by atoms with Gasteiger partial charge in [-0.15, -0.1) is 11.3 Å². The number of rotatable bonds is 6. The van der Waals surface area contributed by atoms with Gasteiger partial charge in [0.05, 0.1) is 17.5 Å². The summed E-state index contributed by atoms with van der Waals surface area (Å²) in [5.74, 6) is 0.456. The number of carbonyl (C=O) groups excluding carboxylic acids is 1. The van der Waals surface area contributed by atoms with Gasteiger partial charge in [0.15, 0.2) is 5.65 Å². The standard InChI is InChI=1S/C22H29N5OS/c1-15(2)27-21-18(12-24-27)10-20(16(3)25-21)22(28)23-11-17-6-4-8-26(13-17)14-19-7-5-9-29-19/h5,7,9-10,12,15,17H,4,6,8,11,13-14H2,1-3H3,(H,23,28). The zero-order chi connectivity index (χ0) is 20.4. The van der Waals surface area contributed by atoms with E-state index < -0.39 is 0 Å². The molecule has 4 heterocycles. The van der Waals surface area contributed by atoms with E-state index in [0.717, 1.165) is 36.4 Å². The zero-order valence-electron chi connectivity index (χ0n) is 17.4. The molecule has 0 saturated carbocycles. The van der Waals surface area contributed by atoms with E-state index in [0.29, 0.717) is 18.0 Å². The van der Waals surface area contributed by atoms with E-state index >= 15 is 0 Å². The van der Waals surface area contributed by atoms with Crippen molar-refractivity contribution in [1.82, 2.24) is 25.0 Å². The lowest BCUT2D eigenvalue weighted by molar-refractivity contribution is 0.0930. The van der Waals surface area contributed by atoms with Gasteiger partial charge in [-0.2, -0.15) is 5.10 Å². The molecular weight excluding hydrogens is 382 g/mol. The molecule has 1 aliphatic rings. The van der Waals surface area contributed by atoms with Gasteiger partial charge >= 0.3 is 0 Å². The highest BCUT2D eigenvalue weighted by Gasteiger charge is 2.22. The van der Waals surface area contributed by atoms with Gasteiger partial charge in [0, 0.05) is 35.9 Å². The van der Waals surface area contributed by atoms with Gasteiger partial charge < -0.3 is 5.32 Å². The number of fused-ring (bicyclic) bond motifs is 1. The fraction of sp³-hybridized carbons (Fsp3) is 0.500. The number of aryl methyl sites for hydroxylation is 1. The highest BCUT2D eigenvalue weighted by Crippen LogP contribution is 2.21. The summed E-state index contributed by atoms with van der Waals surface area (Å²) in [6.07, 6.45) is 4.15. The van der Waals surface area contributed by atoms with Crippen molar-refractivity contribution in [3.05, 3.63) is 45.9 Å². The Balaban J connectivity index is 1.38. The lowest BCUT2D eigenvalue weighted by atomic mass is 9.97. The average molecular weight is 412 g/mol. The fourth-order valence-corrected chi connectivity index (χ4v) is 4.84. The van der Waals surface area contributed by atoms with Crippen molar-refractivity contribution < 1.29 is 4.79 Å². The summed E-state index contributed by atoms with van der Waals surface area (Å²) >= 11 is 1.81. The molecular formula is C22H29N5OS. The van der Waals surface area contributed by atoms with E-state index in [9.17, 15) is 4.79 Å². The van der Waals surface area contributed by atoms with Crippen LogP contribution in [0.3, 0.4) is 0 Å². The molecule has 0 radical (unpaired) electrons. The average Bonchev–Trinajstić information content (AvgIpc) is 3.35.